The Morgan fingerprint density at radius 3 is 2.17 bits per heavy atom. The van der Waals surface area contributed by atoms with E-state index >= 15 is 0 Å². The highest BCUT2D eigenvalue weighted by molar-refractivity contribution is 5.69. The van der Waals surface area contributed by atoms with E-state index in [0.717, 1.165) is 12.1 Å². The molecule has 0 radical (unpaired) electrons. The van der Waals surface area contributed by atoms with E-state index in [4.69, 9.17) is 5.73 Å². The Labute approximate surface area is 101 Å². The molecule has 1 fully saturated rings. The number of anilines is 2. The lowest BCUT2D eigenvalue weighted by Gasteiger charge is -2.20. The zero-order valence-electron chi connectivity index (χ0n) is 9.35. The predicted molar refractivity (Wildman–Crippen MR) is 60.1 cm³/mol. The van der Waals surface area contributed by atoms with Crippen LogP contribution >= 0.6 is 0 Å². The van der Waals surface area contributed by atoms with Crippen molar-refractivity contribution in [1.82, 2.24) is 0 Å². The summed E-state index contributed by atoms with van der Waals surface area (Å²) < 4.78 is 37.4. The molecule has 0 aliphatic carbocycles. The molecule has 1 saturated heterocycles. The zero-order valence-corrected chi connectivity index (χ0v) is 9.35. The molecule has 7 heteroatoms. The molecule has 0 aromatic heterocycles. The van der Waals surface area contributed by atoms with Gasteiger partial charge in [0.15, 0.2) is 0 Å². The summed E-state index contributed by atoms with van der Waals surface area (Å²) in [5, 5.41) is 18.8. The SMILES string of the molecule is Nc1cc(C(F)(F)F)ccc1N1CC(O)C(O)C1. The van der Waals surface area contributed by atoms with Crippen LogP contribution in [0.4, 0.5) is 24.5 Å². The number of rotatable bonds is 1. The number of halogens is 3. The quantitative estimate of drug-likeness (QED) is 0.656. The fraction of sp³-hybridized carbons (Fsp3) is 0.455. The van der Waals surface area contributed by atoms with Gasteiger partial charge in [-0.3, -0.25) is 0 Å². The molecule has 0 spiro atoms. The van der Waals surface area contributed by atoms with Crippen LogP contribution in [0.25, 0.3) is 0 Å². The molecular weight excluding hydrogens is 249 g/mol. The van der Waals surface area contributed by atoms with Crippen molar-refractivity contribution in [3.8, 4) is 0 Å². The Balaban J connectivity index is 2.26. The Morgan fingerprint density at radius 1 is 1.17 bits per heavy atom. The van der Waals surface area contributed by atoms with Crippen molar-refractivity contribution in [2.45, 2.75) is 18.4 Å². The number of aliphatic hydroxyl groups excluding tert-OH is 2. The molecule has 1 heterocycles. The highest BCUT2D eigenvalue weighted by atomic mass is 19.4. The minimum Gasteiger partial charge on any atom is -0.397 e. The third-order valence-corrected chi connectivity index (χ3v) is 2.95. The van der Waals surface area contributed by atoms with Crippen molar-refractivity contribution >= 4 is 11.4 Å². The van der Waals surface area contributed by atoms with Gasteiger partial charge in [-0.05, 0) is 18.2 Å². The van der Waals surface area contributed by atoms with Crippen LogP contribution in [-0.2, 0) is 6.18 Å². The minimum atomic E-state index is -4.43. The number of nitrogen functional groups attached to an aromatic ring is 1. The summed E-state index contributed by atoms with van der Waals surface area (Å²) in [4.78, 5) is 1.56. The third kappa shape index (κ3) is 2.37. The second-order valence-electron chi connectivity index (χ2n) is 4.31. The maximum absolute atomic E-state index is 12.5. The van der Waals surface area contributed by atoms with Gasteiger partial charge in [-0.2, -0.15) is 13.2 Å². The van der Waals surface area contributed by atoms with Crippen LogP contribution in [0, 0.1) is 0 Å². The fourth-order valence-corrected chi connectivity index (χ4v) is 1.99. The van der Waals surface area contributed by atoms with Gasteiger partial charge < -0.3 is 20.8 Å². The van der Waals surface area contributed by atoms with Crippen LogP contribution in [0.15, 0.2) is 18.2 Å². The van der Waals surface area contributed by atoms with E-state index in [1.165, 1.54) is 6.07 Å². The van der Waals surface area contributed by atoms with Crippen molar-refractivity contribution in [3.05, 3.63) is 23.8 Å². The molecule has 2 unspecified atom stereocenters. The molecule has 2 atom stereocenters. The number of alkyl halides is 3. The number of benzene rings is 1. The summed E-state index contributed by atoms with van der Waals surface area (Å²) in [5.41, 5.74) is 5.13. The lowest BCUT2D eigenvalue weighted by Crippen LogP contribution is -2.22. The molecule has 100 valence electrons. The van der Waals surface area contributed by atoms with E-state index in [0.29, 0.717) is 5.69 Å². The van der Waals surface area contributed by atoms with Crippen molar-refractivity contribution in [2.24, 2.45) is 0 Å². The van der Waals surface area contributed by atoms with Gasteiger partial charge in [-0.25, -0.2) is 0 Å². The third-order valence-electron chi connectivity index (χ3n) is 2.95. The van der Waals surface area contributed by atoms with E-state index in [1.54, 1.807) is 4.90 Å². The molecule has 1 aromatic rings. The number of aliphatic hydroxyl groups is 2. The Hall–Kier alpha value is -1.47. The smallest absolute Gasteiger partial charge is 0.397 e. The zero-order chi connectivity index (χ0) is 13.5. The molecule has 1 aromatic carbocycles. The van der Waals surface area contributed by atoms with Gasteiger partial charge in [0.25, 0.3) is 0 Å². The van der Waals surface area contributed by atoms with Crippen LogP contribution in [0.3, 0.4) is 0 Å². The average molecular weight is 262 g/mol. The highest BCUT2D eigenvalue weighted by Crippen LogP contribution is 2.35. The van der Waals surface area contributed by atoms with Gasteiger partial charge >= 0.3 is 6.18 Å². The molecule has 0 bridgehead atoms. The van der Waals surface area contributed by atoms with Crippen LogP contribution in [0.5, 0.6) is 0 Å². The molecule has 4 N–H and O–H groups in total. The van der Waals surface area contributed by atoms with Gasteiger partial charge in [0.1, 0.15) is 0 Å². The fourth-order valence-electron chi connectivity index (χ4n) is 1.99. The maximum atomic E-state index is 12.5. The Bertz CT molecular complexity index is 440. The lowest BCUT2D eigenvalue weighted by molar-refractivity contribution is -0.137. The van der Waals surface area contributed by atoms with Gasteiger partial charge in [0.05, 0.1) is 29.1 Å². The molecule has 18 heavy (non-hydrogen) atoms. The maximum Gasteiger partial charge on any atom is 0.416 e. The summed E-state index contributed by atoms with van der Waals surface area (Å²) in [6, 6.07) is 3.04. The van der Waals surface area contributed by atoms with Crippen LogP contribution in [0.1, 0.15) is 5.56 Å². The van der Waals surface area contributed by atoms with E-state index in [-0.39, 0.29) is 18.8 Å². The molecule has 0 amide bonds. The van der Waals surface area contributed by atoms with Crippen molar-refractivity contribution in [3.63, 3.8) is 0 Å². The van der Waals surface area contributed by atoms with Gasteiger partial charge in [-0.1, -0.05) is 0 Å². The normalized spacial score (nSPS) is 24.6. The van der Waals surface area contributed by atoms with Gasteiger partial charge in [-0.15, -0.1) is 0 Å². The number of nitrogens with two attached hydrogens (primary N) is 1. The summed E-state index contributed by atoms with van der Waals surface area (Å²) in [6.07, 6.45) is -6.25. The van der Waals surface area contributed by atoms with Crippen LogP contribution in [-0.4, -0.2) is 35.5 Å². The van der Waals surface area contributed by atoms with E-state index in [2.05, 4.69) is 0 Å². The monoisotopic (exact) mass is 262 g/mol. The Morgan fingerprint density at radius 2 is 1.72 bits per heavy atom. The van der Waals surface area contributed by atoms with Crippen molar-refractivity contribution < 1.29 is 23.4 Å². The standard InChI is InChI=1S/C11H13F3N2O2/c12-11(13,14)6-1-2-8(7(15)3-6)16-4-9(17)10(18)5-16/h1-3,9-10,17-18H,4-5,15H2. The highest BCUT2D eigenvalue weighted by Gasteiger charge is 2.33. The van der Waals surface area contributed by atoms with E-state index in [1.807, 2.05) is 0 Å². The van der Waals surface area contributed by atoms with E-state index < -0.39 is 23.9 Å². The predicted octanol–water partition coefficient (Wildman–Crippen LogP) is 0.829. The first kappa shape index (κ1) is 13.0. The summed E-state index contributed by atoms with van der Waals surface area (Å²) in [7, 11) is 0. The largest absolute Gasteiger partial charge is 0.416 e. The molecule has 4 nitrogen and oxygen atoms in total. The summed E-state index contributed by atoms with van der Waals surface area (Å²) >= 11 is 0. The Kier molecular flexibility index (Phi) is 3.12. The first-order valence-electron chi connectivity index (χ1n) is 5.37. The first-order valence-corrected chi connectivity index (χ1v) is 5.37. The van der Waals surface area contributed by atoms with E-state index in [9.17, 15) is 23.4 Å². The van der Waals surface area contributed by atoms with Crippen LogP contribution in [0.2, 0.25) is 0 Å². The lowest BCUT2D eigenvalue weighted by atomic mass is 10.1. The minimum absolute atomic E-state index is 0.0221. The van der Waals surface area contributed by atoms with Crippen molar-refractivity contribution in [2.75, 3.05) is 23.7 Å². The van der Waals surface area contributed by atoms with Gasteiger partial charge in [0.2, 0.25) is 0 Å². The molecule has 0 saturated carbocycles. The summed E-state index contributed by atoms with van der Waals surface area (Å²) in [6.45, 7) is 0.299. The van der Waals surface area contributed by atoms with Crippen molar-refractivity contribution in [1.29, 1.82) is 0 Å². The number of hydrogen-bond acceptors (Lipinski definition) is 4. The molecule has 2 rings (SSSR count). The molecule has 1 aliphatic heterocycles. The molecular formula is C11H13F3N2O2. The number of β-amino-alcohol motifs (C(OH)–C–C–N with tert-alkyl or cyclic N) is 2. The average Bonchev–Trinajstić information content (AvgIpc) is 2.57. The summed E-state index contributed by atoms with van der Waals surface area (Å²) in [5.74, 6) is 0. The second-order valence-corrected chi connectivity index (χ2v) is 4.31. The number of hydrogen-bond donors (Lipinski definition) is 3. The van der Waals surface area contributed by atoms with Crippen LogP contribution < -0.4 is 10.6 Å². The van der Waals surface area contributed by atoms with Gasteiger partial charge in [0, 0.05) is 13.1 Å². The second kappa shape index (κ2) is 4.33. The number of nitrogens with zero attached hydrogens (tertiary/aromatic N) is 1. The first-order chi connectivity index (χ1) is 8.29. The topological polar surface area (TPSA) is 69.7 Å². The molecule has 1 aliphatic rings.